The Hall–Kier alpha value is -1.46. The smallest absolute Gasteiger partial charge is 0.157 e. The fraction of sp³-hybridized carbons (Fsp3) is 0.667. The molecule has 1 aliphatic rings. The van der Waals surface area contributed by atoms with E-state index in [0.717, 1.165) is 48.8 Å². The normalized spacial score (nSPS) is 18.4. The summed E-state index contributed by atoms with van der Waals surface area (Å²) in [7, 11) is 0. The van der Waals surface area contributed by atoms with E-state index in [4.69, 9.17) is 0 Å². The van der Waals surface area contributed by atoms with Crippen molar-refractivity contribution >= 4 is 11.0 Å². The zero-order chi connectivity index (χ0) is 16.3. The molecule has 0 aromatic carbocycles. The third-order valence-corrected chi connectivity index (χ3v) is 4.80. The zero-order valence-corrected chi connectivity index (χ0v) is 14.3. The zero-order valence-electron chi connectivity index (χ0n) is 14.3. The van der Waals surface area contributed by atoms with E-state index in [-0.39, 0.29) is 0 Å². The minimum Gasteiger partial charge on any atom is -0.389 e. The fourth-order valence-corrected chi connectivity index (χ4v) is 3.46. The molecule has 0 atom stereocenters. The molecule has 5 nitrogen and oxygen atoms in total. The molecule has 0 bridgehead atoms. The average molecular weight is 316 g/mol. The Bertz CT molecular complexity index is 642. The molecule has 0 spiro atoms. The second kappa shape index (κ2) is 6.97. The molecule has 1 saturated carbocycles. The highest BCUT2D eigenvalue weighted by molar-refractivity contribution is 5.75. The lowest BCUT2D eigenvalue weighted by Gasteiger charge is -2.27. The molecule has 2 N–H and O–H groups in total. The summed E-state index contributed by atoms with van der Waals surface area (Å²) < 4.78 is 1.95. The number of aliphatic hydroxyl groups is 1. The van der Waals surface area contributed by atoms with E-state index in [9.17, 15) is 5.11 Å². The number of hydrogen-bond donors (Lipinski definition) is 2. The maximum Gasteiger partial charge on any atom is 0.157 e. The van der Waals surface area contributed by atoms with E-state index < -0.39 is 5.60 Å². The lowest BCUT2D eigenvalue weighted by Crippen LogP contribution is -2.39. The Balaban J connectivity index is 1.61. The van der Waals surface area contributed by atoms with Crippen LogP contribution in [0.25, 0.3) is 11.0 Å². The minimum atomic E-state index is -0.531. The van der Waals surface area contributed by atoms with Crippen molar-refractivity contribution in [3.05, 3.63) is 24.0 Å². The Morgan fingerprint density at radius 1 is 1.22 bits per heavy atom. The van der Waals surface area contributed by atoms with E-state index in [2.05, 4.69) is 35.3 Å². The first kappa shape index (κ1) is 16.4. The van der Waals surface area contributed by atoms with Gasteiger partial charge in [-0.2, -0.15) is 5.10 Å². The quantitative estimate of drug-likeness (QED) is 0.832. The van der Waals surface area contributed by atoms with Crippen LogP contribution in [-0.2, 0) is 6.54 Å². The predicted molar refractivity (Wildman–Crippen MR) is 92.3 cm³/mol. The summed E-state index contributed by atoms with van der Waals surface area (Å²) >= 11 is 0. The van der Waals surface area contributed by atoms with Gasteiger partial charge in [-0.25, -0.2) is 9.67 Å². The van der Waals surface area contributed by atoms with Crippen molar-refractivity contribution in [3.8, 4) is 0 Å². The van der Waals surface area contributed by atoms with Gasteiger partial charge < -0.3 is 10.4 Å². The van der Waals surface area contributed by atoms with Gasteiger partial charge >= 0.3 is 0 Å². The highest BCUT2D eigenvalue weighted by atomic mass is 16.3. The standard InChI is InChI=1S/C18H28N4O/c1-14(2)22-17-16(12-21-22)9-15(11-20-17)10-19-13-18(23)7-5-3-4-6-8-18/h9,11-12,14,19,23H,3-8,10,13H2,1-2H3. The van der Waals surface area contributed by atoms with Crippen molar-refractivity contribution < 1.29 is 5.11 Å². The largest absolute Gasteiger partial charge is 0.389 e. The molecule has 0 aliphatic heterocycles. The van der Waals surface area contributed by atoms with E-state index in [1.807, 2.05) is 17.1 Å². The number of nitrogens with one attached hydrogen (secondary N) is 1. The van der Waals surface area contributed by atoms with Crippen molar-refractivity contribution in [3.63, 3.8) is 0 Å². The topological polar surface area (TPSA) is 63.0 Å². The van der Waals surface area contributed by atoms with Crippen molar-refractivity contribution in [1.82, 2.24) is 20.1 Å². The summed E-state index contributed by atoms with van der Waals surface area (Å²) in [5, 5.41) is 19.6. The number of nitrogens with zero attached hydrogens (tertiary/aromatic N) is 3. The Morgan fingerprint density at radius 2 is 1.96 bits per heavy atom. The third kappa shape index (κ3) is 3.90. The SMILES string of the molecule is CC(C)n1ncc2cc(CNCC3(O)CCCCCC3)cnc21. The number of hydrogen-bond acceptors (Lipinski definition) is 4. The maximum atomic E-state index is 10.7. The Morgan fingerprint density at radius 3 is 2.65 bits per heavy atom. The summed E-state index contributed by atoms with van der Waals surface area (Å²) in [6, 6.07) is 2.45. The molecule has 0 amide bonds. The van der Waals surface area contributed by atoms with Gasteiger partial charge in [0.2, 0.25) is 0 Å². The molecule has 126 valence electrons. The highest BCUT2D eigenvalue weighted by Gasteiger charge is 2.27. The lowest BCUT2D eigenvalue weighted by atomic mass is 9.94. The average Bonchev–Trinajstić information content (AvgIpc) is 2.82. The van der Waals surface area contributed by atoms with Gasteiger partial charge in [-0.05, 0) is 38.3 Å². The van der Waals surface area contributed by atoms with Crippen LogP contribution < -0.4 is 5.32 Å². The van der Waals surface area contributed by atoms with Gasteiger partial charge in [0, 0.05) is 30.7 Å². The predicted octanol–water partition coefficient (Wildman–Crippen LogP) is 3.19. The Kier molecular flexibility index (Phi) is 4.97. The number of fused-ring (bicyclic) bond motifs is 1. The molecule has 1 fully saturated rings. The van der Waals surface area contributed by atoms with Crippen molar-refractivity contribution in [1.29, 1.82) is 0 Å². The van der Waals surface area contributed by atoms with Crippen LogP contribution in [0.5, 0.6) is 0 Å². The van der Waals surface area contributed by atoms with Gasteiger partial charge in [-0.15, -0.1) is 0 Å². The van der Waals surface area contributed by atoms with Gasteiger partial charge in [0.25, 0.3) is 0 Å². The van der Waals surface area contributed by atoms with Gasteiger partial charge in [0.1, 0.15) is 0 Å². The van der Waals surface area contributed by atoms with Gasteiger partial charge in [-0.3, -0.25) is 0 Å². The summed E-state index contributed by atoms with van der Waals surface area (Å²) in [6.07, 6.45) is 10.4. The van der Waals surface area contributed by atoms with Crippen LogP contribution in [0.2, 0.25) is 0 Å². The summed E-state index contributed by atoms with van der Waals surface area (Å²) in [5.41, 5.74) is 1.54. The van der Waals surface area contributed by atoms with Crippen LogP contribution in [0.15, 0.2) is 18.5 Å². The fourth-order valence-electron chi connectivity index (χ4n) is 3.46. The van der Waals surface area contributed by atoms with E-state index in [1.54, 1.807) is 0 Å². The van der Waals surface area contributed by atoms with E-state index in [1.165, 1.54) is 12.8 Å². The molecule has 0 radical (unpaired) electrons. The number of pyridine rings is 1. The van der Waals surface area contributed by atoms with Crippen LogP contribution in [0.1, 0.15) is 64.0 Å². The molecule has 0 unspecified atom stereocenters. The minimum absolute atomic E-state index is 0.313. The van der Waals surface area contributed by atoms with Crippen molar-refractivity contribution in [2.24, 2.45) is 0 Å². The van der Waals surface area contributed by atoms with Gasteiger partial charge in [0.05, 0.1) is 11.8 Å². The second-order valence-electron chi connectivity index (χ2n) is 7.18. The molecule has 2 aromatic heterocycles. The first-order chi connectivity index (χ1) is 11.1. The number of rotatable bonds is 5. The molecule has 23 heavy (non-hydrogen) atoms. The monoisotopic (exact) mass is 316 g/mol. The summed E-state index contributed by atoms with van der Waals surface area (Å²) in [5.74, 6) is 0. The first-order valence-electron chi connectivity index (χ1n) is 8.83. The van der Waals surface area contributed by atoms with Crippen LogP contribution in [-0.4, -0.2) is 32.0 Å². The number of aromatic nitrogens is 3. The first-order valence-corrected chi connectivity index (χ1v) is 8.83. The van der Waals surface area contributed by atoms with Gasteiger partial charge in [0.15, 0.2) is 5.65 Å². The summed E-state index contributed by atoms with van der Waals surface area (Å²) in [4.78, 5) is 4.56. The molecule has 3 rings (SSSR count). The van der Waals surface area contributed by atoms with Crippen LogP contribution >= 0.6 is 0 Å². The molecule has 2 heterocycles. The highest BCUT2D eigenvalue weighted by Crippen LogP contribution is 2.26. The molecule has 5 heteroatoms. The van der Waals surface area contributed by atoms with Crippen molar-refractivity contribution in [2.75, 3.05) is 6.54 Å². The second-order valence-corrected chi connectivity index (χ2v) is 7.18. The third-order valence-electron chi connectivity index (χ3n) is 4.80. The van der Waals surface area contributed by atoms with Crippen molar-refractivity contribution in [2.45, 2.75) is 70.6 Å². The molecule has 0 saturated heterocycles. The van der Waals surface area contributed by atoms with Crippen LogP contribution in [0.4, 0.5) is 0 Å². The van der Waals surface area contributed by atoms with E-state index >= 15 is 0 Å². The molecular formula is C18H28N4O. The summed E-state index contributed by atoms with van der Waals surface area (Å²) in [6.45, 7) is 5.61. The lowest BCUT2D eigenvalue weighted by molar-refractivity contribution is 0.0250. The van der Waals surface area contributed by atoms with Crippen LogP contribution in [0, 0.1) is 0 Å². The Labute approximate surface area is 138 Å². The molecule has 1 aliphatic carbocycles. The molecule has 2 aromatic rings. The van der Waals surface area contributed by atoms with Crippen LogP contribution in [0.3, 0.4) is 0 Å². The van der Waals surface area contributed by atoms with E-state index in [0.29, 0.717) is 12.6 Å². The molecular weight excluding hydrogens is 288 g/mol. The maximum absolute atomic E-state index is 10.7. The van der Waals surface area contributed by atoms with Gasteiger partial charge in [-0.1, -0.05) is 25.7 Å².